The Kier molecular flexibility index (Phi) is 5.60. The van der Waals surface area contributed by atoms with E-state index in [1.54, 1.807) is 43.3 Å². The van der Waals surface area contributed by atoms with E-state index in [0.29, 0.717) is 11.3 Å². The van der Waals surface area contributed by atoms with Crippen molar-refractivity contribution in [2.45, 2.75) is 13.3 Å². The Morgan fingerprint density at radius 3 is 2.14 bits per heavy atom. The number of rotatable bonds is 6. The van der Waals surface area contributed by atoms with Crippen LogP contribution in [0.5, 0.6) is 0 Å². The van der Waals surface area contributed by atoms with Gasteiger partial charge in [0, 0.05) is 5.56 Å². The summed E-state index contributed by atoms with van der Waals surface area (Å²) in [7, 11) is 0. The summed E-state index contributed by atoms with van der Waals surface area (Å²) in [5, 5.41) is 0. The molecule has 0 aromatic heterocycles. The molecule has 4 nitrogen and oxygen atoms in total. The summed E-state index contributed by atoms with van der Waals surface area (Å²) in [5.41, 5.74) is 1.28. The van der Waals surface area contributed by atoms with Crippen LogP contribution in [0.25, 0.3) is 0 Å². The lowest BCUT2D eigenvalue weighted by Gasteiger charge is -2.06. The second-order valence-corrected chi connectivity index (χ2v) is 4.58. The van der Waals surface area contributed by atoms with Gasteiger partial charge in [0.15, 0.2) is 5.78 Å². The molecular formula is C18H17NO3. The number of Topliss-reactive ketones (excluding diaryl/α,β-unsaturated/α-hetero) is 1. The van der Waals surface area contributed by atoms with Gasteiger partial charge in [-0.3, -0.25) is 4.79 Å². The van der Waals surface area contributed by atoms with E-state index < -0.39 is 5.97 Å². The first-order valence-electron chi connectivity index (χ1n) is 7.08. The van der Waals surface area contributed by atoms with E-state index in [1.165, 1.54) is 0 Å². The van der Waals surface area contributed by atoms with E-state index >= 15 is 0 Å². The second kappa shape index (κ2) is 7.88. The van der Waals surface area contributed by atoms with Crippen LogP contribution in [0.4, 0.5) is 5.69 Å². The Balaban J connectivity index is 2.24. The molecule has 0 aliphatic rings. The van der Waals surface area contributed by atoms with Gasteiger partial charge in [0.1, 0.15) is 5.71 Å². The van der Waals surface area contributed by atoms with Crippen LogP contribution in [0.1, 0.15) is 23.7 Å². The number of ether oxygens (including phenoxy) is 1. The van der Waals surface area contributed by atoms with E-state index in [-0.39, 0.29) is 24.5 Å². The smallest absolute Gasteiger partial charge is 0.353 e. The van der Waals surface area contributed by atoms with E-state index in [9.17, 15) is 9.59 Å². The third kappa shape index (κ3) is 4.38. The molecule has 0 saturated heterocycles. The maximum atomic E-state index is 12.3. The third-order valence-corrected chi connectivity index (χ3v) is 2.96. The fourth-order valence-electron chi connectivity index (χ4n) is 1.91. The summed E-state index contributed by atoms with van der Waals surface area (Å²) in [6, 6.07) is 17.9. The highest BCUT2D eigenvalue weighted by Gasteiger charge is 2.18. The van der Waals surface area contributed by atoms with Crippen molar-refractivity contribution in [1.29, 1.82) is 0 Å². The van der Waals surface area contributed by atoms with Gasteiger partial charge in [0.2, 0.25) is 0 Å². The Morgan fingerprint density at radius 1 is 0.955 bits per heavy atom. The predicted molar refractivity (Wildman–Crippen MR) is 85.6 cm³/mol. The maximum Gasteiger partial charge on any atom is 0.353 e. The van der Waals surface area contributed by atoms with Crippen molar-refractivity contribution < 1.29 is 14.3 Å². The number of para-hydroxylation sites is 1. The van der Waals surface area contributed by atoms with Gasteiger partial charge in [-0.15, -0.1) is 0 Å². The fourth-order valence-corrected chi connectivity index (χ4v) is 1.91. The molecule has 0 heterocycles. The molecule has 22 heavy (non-hydrogen) atoms. The Labute approximate surface area is 129 Å². The number of nitrogens with zero attached hydrogens (tertiary/aromatic N) is 1. The van der Waals surface area contributed by atoms with Gasteiger partial charge in [-0.05, 0) is 19.1 Å². The molecule has 2 rings (SSSR count). The zero-order valence-corrected chi connectivity index (χ0v) is 12.4. The number of hydrogen-bond acceptors (Lipinski definition) is 4. The number of benzene rings is 2. The molecule has 0 saturated carbocycles. The Bertz CT molecular complexity index is 663. The lowest BCUT2D eigenvalue weighted by Crippen LogP contribution is -2.21. The van der Waals surface area contributed by atoms with E-state index in [1.807, 2.05) is 24.3 Å². The minimum atomic E-state index is -0.560. The van der Waals surface area contributed by atoms with E-state index in [0.717, 1.165) is 0 Å². The highest BCUT2D eigenvalue weighted by molar-refractivity contribution is 6.41. The average molecular weight is 295 g/mol. The Hall–Kier alpha value is -2.75. The standard InChI is InChI=1S/C18H17NO3/c1-2-22-18(21)16(19-15-11-7-4-8-12-15)13-17(20)14-9-5-3-6-10-14/h3-12H,2,13H2,1H3. The highest BCUT2D eigenvalue weighted by atomic mass is 16.5. The summed E-state index contributed by atoms with van der Waals surface area (Å²) in [6.07, 6.45) is -0.0856. The lowest BCUT2D eigenvalue weighted by atomic mass is 10.1. The van der Waals surface area contributed by atoms with Crippen molar-refractivity contribution in [3.8, 4) is 0 Å². The molecule has 2 aromatic carbocycles. The third-order valence-electron chi connectivity index (χ3n) is 2.96. The quantitative estimate of drug-likeness (QED) is 0.465. The van der Waals surface area contributed by atoms with Gasteiger partial charge >= 0.3 is 5.97 Å². The van der Waals surface area contributed by atoms with Crippen LogP contribution in [0.3, 0.4) is 0 Å². The second-order valence-electron chi connectivity index (χ2n) is 4.58. The zero-order chi connectivity index (χ0) is 15.8. The van der Waals surface area contributed by atoms with Crippen LogP contribution in [0.15, 0.2) is 65.7 Å². The van der Waals surface area contributed by atoms with Crippen molar-refractivity contribution in [3.05, 3.63) is 66.2 Å². The fraction of sp³-hybridized carbons (Fsp3) is 0.167. The summed E-state index contributed by atoms with van der Waals surface area (Å²) in [5.74, 6) is -0.723. The van der Waals surface area contributed by atoms with Crippen molar-refractivity contribution in [3.63, 3.8) is 0 Å². The van der Waals surface area contributed by atoms with Gasteiger partial charge in [-0.2, -0.15) is 0 Å². The van der Waals surface area contributed by atoms with Crippen LogP contribution >= 0.6 is 0 Å². The van der Waals surface area contributed by atoms with Crippen molar-refractivity contribution >= 4 is 23.2 Å². The van der Waals surface area contributed by atoms with Crippen LogP contribution < -0.4 is 0 Å². The number of hydrogen-bond donors (Lipinski definition) is 0. The van der Waals surface area contributed by atoms with Gasteiger partial charge in [-0.25, -0.2) is 9.79 Å². The first kappa shape index (κ1) is 15.6. The average Bonchev–Trinajstić information content (AvgIpc) is 2.56. The summed E-state index contributed by atoms with van der Waals surface area (Å²) < 4.78 is 4.99. The predicted octanol–water partition coefficient (Wildman–Crippen LogP) is 3.60. The molecule has 0 aliphatic carbocycles. The number of esters is 1. The molecular weight excluding hydrogens is 278 g/mol. The van der Waals surface area contributed by atoms with Gasteiger partial charge < -0.3 is 4.74 Å². The van der Waals surface area contributed by atoms with Gasteiger partial charge in [0.25, 0.3) is 0 Å². The summed E-state index contributed by atoms with van der Waals surface area (Å²) >= 11 is 0. The van der Waals surface area contributed by atoms with Gasteiger partial charge in [-0.1, -0.05) is 48.5 Å². The number of ketones is 1. The molecule has 0 radical (unpaired) electrons. The minimum Gasteiger partial charge on any atom is -0.461 e. The van der Waals surface area contributed by atoms with Crippen LogP contribution in [0, 0.1) is 0 Å². The molecule has 2 aromatic rings. The summed E-state index contributed by atoms with van der Waals surface area (Å²) in [4.78, 5) is 28.5. The molecule has 0 N–H and O–H groups in total. The maximum absolute atomic E-state index is 12.3. The molecule has 0 bridgehead atoms. The monoisotopic (exact) mass is 295 g/mol. The first-order chi connectivity index (χ1) is 10.7. The van der Waals surface area contributed by atoms with Gasteiger partial charge in [0.05, 0.1) is 18.7 Å². The Morgan fingerprint density at radius 2 is 1.55 bits per heavy atom. The molecule has 0 unspecified atom stereocenters. The van der Waals surface area contributed by atoms with Crippen molar-refractivity contribution in [2.24, 2.45) is 4.99 Å². The first-order valence-corrected chi connectivity index (χ1v) is 7.08. The van der Waals surface area contributed by atoms with Crippen LogP contribution in [-0.2, 0) is 9.53 Å². The molecule has 0 fully saturated rings. The summed E-state index contributed by atoms with van der Waals surface area (Å²) in [6.45, 7) is 1.96. The molecule has 0 amide bonds. The molecule has 0 aliphatic heterocycles. The number of carbonyl (C=O) groups excluding carboxylic acids is 2. The van der Waals surface area contributed by atoms with E-state index in [2.05, 4.69) is 4.99 Å². The topological polar surface area (TPSA) is 55.7 Å². The molecule has 4 heteroatoms. The number of aliphatic imine (C=N–C) groups is 1. The van der Waals surface area contributed by atoms with Crippen molar-refractivity contribution in [1.82, 2.24) is 0 Å². The normalized spacial score (nSPS) is 11.0. The van der Waals surface area contributed by atoms with Crippen LogP contribution in [-0.4, -0.2) is 24.1 Å². The zero-order valence-electron chi connectivity index (χ0n) is 12.4. The largest absolute Gasteiger partial charge is 0.461 e. The number of carbonyl (C=O) groups is 2. The molecule has 0 atom stereocenters. The highest BCUT2D eigenvalue weighted by Crippen LogP contribution is 2.13. The SMILES string of the molecule is CCOC(=O)C(CC(=O)c1ccccc1)=Nc1ccccc1. The lowest BCUT2D eigenvalue weighted by molar-refractivity contribution is -0.135. The molecule has 112 valence electrons. The molecule has 0 spiro atoms. The minimum absolute atomic E-state index is 0.0856. The van der Waals surface area contributed by atoms with Crippen LogP contribution in [0.2, 0.25) is 0 Å². The van der Waals surface area contributed by atoms with E-state index in [4.69, 9.17) is 4.74 Å². The van der Waals surface area contributed by atoms with Crippen molar-refractivity contribution in [2.75, 3.05) is 6.61 Å².